The number of amides is 1. The summed E-state index contributed by atoms with van der Waals surface area (Å²) in [6.07, 6.45) is 1.38. The van der Waals surface area contributed by atoms with E-state index in [1.165, 1.54) is 29.4 Å². The minimum absolute atomic E-state index is 0.0852. The number of anilines is 1. The van der Waals surface area contributed by atoms with Crippen molar-refractivity contribution in [1.82, 2.24) is 0 Å². The summed E-state index contributed by atoms with van der Waals surface area (Å²) in [7, 11) is 1.44. The van der Waals surface area contributed by atoms with E-state index in [-0.39, 0.29) is 16.5 Å². The smallest absolute Gasteiger partial charge is 0.269 e. The van der Waals surface area contributed by atoms with Crippen LogP contribution >= 0.6 is 10.7 Å². The molecule has 3 rings (SSSR count). The Kier molecular flexibility index (Phi) is 4.41. The number of carbonyl (C=O) groups is 1. The predicted octanol–water partition coefficient (Wildman–Crippen LogP) is 3.10. The Balaban J connectivity index is 1.77. The number of hydrogen-bond acceptors (Lipinski definition) is 6. The number of nitrogens with zero attached hydrogens (tertiary/aromatic N) is 4. The normalized spacial score (nSPS) is 17.8. The van der Waals surface area contributed by atoms with Gasteiger partial charge in [0.1, 0.15) is 0 Å². The maximum atomic E-state index is 12.3. The number of halogens is 1. The highest BCUT2D eigenvalue weighted by atomic mass is 35.7. The van der Waals surface area contributed by atoms with Crippen molar-refractivity contribution in [2.24, 2.45) is 15.3 Å². The van der Waals surface area contributed by atoms with E-state index in [1.54, 1.807) is 30.3 Å². The lowest BCUT2D eigenvalue weighted by molar-refractivity contribution is -0.117. The molecular weight excluding hydrogens is 352 g/mol. The first-order chi connectivity index (χ1) is 11.4. The second-order valence-corrected chi connectivity index (χ2v) is 7.41. The minimum atomic E-state index is -3.85. The molecule has 0 aliphatic carbocycles. The summed E-state index contributed by atoms with van der Waals surface area (Å²) in [5.74, 6) is -0.342. The van der Waals surface area contributed by atoms with Crippen molar-refractivity contribution in [3.8, 4) is 0 Å². The van der Waals surface area contributed by atoms with Gasteiger partial charge in [0, 0.05) is 10.7 Å². The van der Waals surface area contributed by atoms with Crippen LogP contribution in [0.5, 0.6) is 0 Å². The van der Waals surface area contributed by atoms with E-state index < -0.39 is 15.1 Å². The van der Waals surface area contributed by atoms with Crippen LogP contribution in [0.1, 0.15) is 0 Å². The summed E-state index contributed by atoms with van der Waals surface area (Å²) in [5, 5.41) is 13.1. The van der Waals surface area contributed by atoms with Crippen LogP contribution in [0.4, 0.5) is 11.4 Å². The second-order valence-electron chi connectivity index (χ2n) is 4.85. The van der Waals surface area contributed by atoms with Gasteiger partial charge >= 0.3 is 0 Å². The molecule has 2 aromatic rings. The molecule has 122 valence electrons. The Morgan fingerprint density at radius 3 is 2.54 bits per heavy atom. The average Bonchev–Trinajstić information content (AvgIpc) is 2.94. The highest BCUT2D eigenvalue weighted by Gasteiger charge is 2.29. The highest BCUT2D eigenvalue weighted by molar-refractivity contribution is 8.13. The number of rotatable bonds is 4. The number of hydrogen-bond donors (Lipinski definition) is 0. The number of carbonyl (C=O) groups excluding carboxylic acids is 1. The van der Waals surface area contributed by atoms with Crippen molar-refractivity contribution < 1.29 is 13.2 Å². The largest absolute Gasteiger partial charge is 0.279 e. The number of hydrazone groups is 1. The van der Waals surface area contributed by atoms with E-state index in [1.807, 2.05) is 6.07 Å². The van der Waals surface area contributed by atoms with E-state index in [4.69, 9.17) is 10.7 Å². The third-order valence-electron chi connectivity index (χ3n) is 3.18. The Morgan fingerprint density at radius 2 is 1.83 bits per heavy atom. The van der Waals surface area contributed by atoms with Crippen LogP contribution in [0, 0.1) is 0 Å². The van der Waals surface area contributed by atoms with Crippen molar-refractivity contribution in [3.05, 3.63) is 54.6 Å². The molecule has 1 amide bonds. The summed E-state index contributed by atoms with van der Waals surface area (Å²) < 4.78 is 22.6. The first kappa shape index (κ1) is 16.3. The van der Waals surface area contributed by atoms with Gasteiger partial charge < -0.3 is 0 Å². The lowest BCUT2D eigenvalue weighted by Gasteiger charge is -2.11. The molecule has 7 nitrogen and oxygen atoms in total. The van der Waals surface area contributed by atoms with Crippen molar-refractivity contribution in [1.29, 1.82) is 0 Å². The van der Waals surface area contributed by atoms with Crippen molar-refractivity contribution in [2.45, 2.75) is 10.9 Å². The molecule has 1 aliphatic rings. The molecule has 1 unspecified atom stereocenters. The third-order valence-corrected chi connectivity index (χ3v) is 4.53. The number of azo groups is 1. The molecular formula is C15H11ClN4O3S. The molecule has 1 heterocycles. The zero-order chi connectivity index (χ0) is 17.2. The highest BCUT2D eigenvalue weighted by Crippen LogP contribution is 2.23. The topological polar surface area (TPSA) is 91.5 Å². The van der Waals surface area contributed by atoms with Crippen LogP contribution in [-0.2, 0) is 13.8 Å². The quantitative estimate of drug-likeness (QED) is 0.618. The summed E-state index contributed by atoms with van der Waals surface area (Å²) in [6, 6.07) is 13.7. The van der Waals surface area contributed by atoms with Crippen LogP contribution in [0.15, 0.2) is 74.8 Å². The molecule has 0 spiro atoms. The van der Waals surface area contributed by atoms with E-state index in [0.717, 1.165) is 0 Å². The number of para-hydroxylation sites is 1. The minimum Gasteiger partial charge on any atom is -0.269 e. The molecule has 0 bridgehead atoms. The van der Waals surface area contributed by atoms with E-state index >= 15 is 0 Å². The molecule has 1 aliphatic heterocycles. The van der Waals surface area contributed by atoms with Crippen LogP contribution in [-0.4, -0.2) is 26.6 Å². The molecule has 24 heavy (non-hydrogen) atoms. The Hall–Kier alpha value is -2.58. The van der Waals surface area contributed by atoms with Gasteiger partial charge in [0.05, 0.1) is 22.5 Å². The zero-order valence-corrected chi connectivity index (χ0v) is 13.7. The van der Waals surface area contributed by atoms with Gasteiger partial charge in [-0.15, -0.1) is 0 Å². The zero-order valence-electron chi connectivity index (χ0n) is 12.2. The van der Waals surface area contributed by atoms with Gasteiger partial charge in [-0.2, -0.15) is 20.3 Å². The standard InChI is InChI=1S/C15H11ClN4O3S/c16-24(22,23)13-8-4-5-11(9-13)18-19-14-10-17-20(15(14)21)12-6-2-1-3-7-12/h1-10,14H. The Bertz CT molecular complexity index is 929. The molecule has 0 N–H and O–H groups in total. The van der Waals surface area contributed by atoms with E-state index in [0.29, 0.717) is 5.69 Å². The van der Waals surface area contributed by atoms with Crippen molar-refractivity contribution >= 4 is 43.2 Å². The molecule has 0 saturated carbocycles. The summed E-state index contributed by atoms with van der Waals surface area (Å²) in [6.45, 7) is 0. The van der Waals surface area contributed by atoms with Gasteiger partial charge in [0.25, 0.3) is 15.0 Å². The molecule has 2 aromatic carbocycles. The van der Waals surface area contributed by atoms with Gasteiger partial charge in [-0.1, -0.05) is 24.3 Å². The maximum Gasteiger partial charge on any atom is 0.279 e. The molecule has 0 radical (unpaired) electrons. The molecule has 0 aromatic heterocycles. The van der Waals surface area contributed by atoms with E-state index in [2.05, 4.69) is 15.3 Å². The summed E-state index contributed by atoms with van der Waals surface area (Å²) >= 11 is 0. The van der Waals surface area contributed by atoms with Gasteiger partial charge in [-0.05, 0) is 30.3 Å². The van der Waals surface area contributed by atoms with Gasteiger partial charge in [0.15, 0.2) is 6.04 Å². The van der Waals surface area contributed by atoms with Crippen LogP contribution in [0.3, 0.4) is 0 Å². The molecule has 1 atom stereocenters. The van der Waals surface area contributed by atoms with Crippen molar-refractivity contribution in [3.63, 3.8) is 0 Å². The molecule has 0 fully saturated rings. The fraction of sp³-hybridized carbons (Fsp3) is 0.0667. The SMILES string of the molecule is O=C1C(N=Nc2cccc(S(=O)(=O)Cl)c2)C=NN1c1ccccc1. The fourth-order valence-corrected chi connectivity index (χ4v) is 2.83. The van der Waals surface area contributed by atoms with Crippen LogP contribution < -0.4 is 5.01 Å². The van der Waals surface area contributed by atoms with E-state index in [9.17, 15) is 13.2 Å². The number of benzene rings is 2. The second kappa shape index (κ2) is 6.50. The first-order valence-corrected chi connectivity index (χ1v) is 9.15. The Morgan fingerprint density at radius 1 is 1.08 bits per heavy atom. The van der Waals surface area contributed by atoms with Gasteiger partial charge in [-0.25, -0.2) is 8.42 Å². The monoisotopic (exact) mass is 362 g/mol. The Labute approximate surface area is 142 Å². The van der Waals surface area contributed by atoms with Crippen LogP contribution in [0.2, 0.25) is 0 Å². The predicted molar refractivity (Wildman–Crippen MR) is 90.2 cm³/mol. The maximum absolute atomic E-state index is 12.3. The third kappa shape index (κ3) is 3.50. The lowest BCUT2D eigenvalue weighted by Crippen LogP contribution is -2.28. The van der Waals surface area contributed by atoms with Gasteiger partial charge in [0.2, 0.25) is 0 Å². The summed E-state index contributed by atoms with van der Waals surface area (Å²) in [4.78, 5) is 12.2. The average molecular weight is 363 g/mol. The van der Waals surface area contributed by atoms with Crippen molar-refractivity contribution in [2.75, 3.05) is 5.01 Å². The lowest BCUT2D eigenvalue weighted by atomic mass is 10.3. The van der Waals surface area contributed by atoms with Gasteiger partial charge in [-0.3, -0.25) is 4.79 Å². The fourth-order valence-electron chi connectivity index (χ4n) is 2.04. The van der Waals surface area contributed by atoms with Crippen LogP contribution in [0.25, 0.3) is 0 Å². The molecule has 9 heteroatoms. The molecule has 0 saturated heterocycles. The first-order valence-electron chi connectivity index (χ1n) is 6.84. The summed E-state index contributed by atoms with van der Waals surface area (Å²) in [5.41, 5.74) is 0.905.